The van der Waals surface area contributed by atoms with Crippen LogP contribution < -0.4 is 0 Å². The van der Waals surface area contributed by atoms with Crippen LogP contribution in [0, 0.1) is 17.8 Å². The molecule has 2 rings (SSSR count). The minimum atomic E-state index is -0.705. The van der Waals surface area contributed by atoms with E-state index in [0.29, 0.717) is 18.9 Å². The van der Waals surface area contributed by atoms with Crippen molar-refractivity contribution in [2.75, 3.05) is 6.61 Å². The second-order valence-corrected chi connectivity index (χ2v) is 6.23. The molecule has 1 saturated carbocycles. The highest BCUT2D eigenvalue weighted by atomic mass is 32.1. The van der Waals surface area contributed by atoms with Crippen LogP contribution in [0.3, 0.4) is 0 Å². The van der Waals surface area contributed by atoms with Crippen LogP contribution in [0.5, 0.6) is 0 Å². The molecule has 1 nitrogen and oxygen atoms in total. The minimum Gasteiger partial charge on any atom is -0.396 e. The van der Waals surface area contributed by atoms with Gasteiger partial charge in [0.15, 0.2) is 0 Å². The van der Waals surface area contributed by atoms with Crippen LogP contribution in [-0.2, 0) is 6.42 Å². The Morgan fingerprint density at radius 3 is 3.18 bits per heavy atom. The molecule has 3 heteroatoms. The standard InChI is InChI=1S/C14H21FOS/c1-10-8-14(15)12(13(10)9-16)6-2-4-11-5-3-7-17-11/h3,5,7,10,12-14,16H,2,4,6,8-9H2,1H3/t10-,12-,13+,14-/m1/s1/i16D. The normalized spacial score (nSPS) is 33.9. The number of aliphatic hydroxyl groups excluding tert-OH is 1. The van der Waals surface area contributed by atoms with Crippen LogP contribution in [0.15, 0.2) is 17.5 Å². The van der Waals surface area contributed by atoms with Crippen LogP contribution in [0.25, 0.3) is 0 Å². The predicted octanol–water partition coefficient (Wildman–Crippen LogP) is 3.67. The average Bonchev–Trinajstić information content (AvgIpc) is 2.92. The van der Waals surface area contributed by atoms with Crippen molar-refractivity contribution in [3.63, 3.8) is 0 Å². The summed E-state index contributed by atoms with van der Waals surface area (Å²) in [7, 11) is 0. The molecule has 0 unspecified atom stereocenters. The number of aliphatic hydroxyl groups is 1. The van der Waals surface area contributed by atoms with Gasteiger partial charge >= 0.3 is 0 Å². The van der Waals surface area contributed by atoms with Gasteiger partial charge in [0.2, 0.25) is 1.43 Å². The lowest BCUT2D eigenvalue weighted by Gasteiger charge is -2.21. The zero-order valence-corrected chi connectivity index (χ0v) is 11.1. The molecule has 1 aliphatic rings. The SMILES string of the molecule is [2H]OC[C@@H]1[C@@H](CCCc2cccs2)[C@H](F)C[C@H]1C. The van der Waals surface area contributed by atoms with Gasteiger partial charge in [-0.1, -0.05) is 13.0 Å². The predicted molar refractivity (Wildman–Crippen MR) is 70.0 cm³/mol. The molecule has 0 radical (unpaired) electrons. The number of halogens is 1. The fourth-order valence-electron chi connectivity index (χ4n) is 3.04. The van der Waals surface area contributed by atoms with Gasteiger partial charge in [-0.25, -0.2) is 4.39 Å². The van der Waals surface area contributed by atoms with E-state index >= 15 is 0 Å². The Morgan fingerprint density at radius 2 is 2.47 bits per heavy atom. The van der Waals surface area contributed by atoms with Crippen LogP contribution in [0.4, 0.5) is 4.39 Å². The first-order valence-electron chi connectivity index (χ1n) is 6.87. The molecule has 0 amide bonds. The summed E-state index contributed by atoms with van der Waals surface area (Å²) in [4.78, 5) is 1.38. The fourth-order valence-corrected chi connectivity index (χ4v) is 3.80. The van der Waals surface area contributed by atoms with E-state index in [-0.39, 0.29) is 11.8 Å². The third kappa shape index (κ3) is 3.08. The maximum atomic E-state index is 14.0. The Balaban J connectivity index is 1.82. The van der Waals surface area contributed by atoms with E-state index in [9.17, 15) is 4.39 Å². The van der Waals surface area contributed by atoms with Crippen molar-refractivity contribution >= 4 is 11.3 Å². The van der Waals surface area contributed by atoms with Gasteiger partial charge < -0.3 is 5.11 Å². The van der Waals surface area contributed by atoms with E-state index in [1.54, 1.807) is 11.3 Å². The van der Waals surface area contributed by atoms with Gasteiger partial charge in [0.25, 0.3) is 0 Å². The minimum absolute atomic E-state index is 0.0883. The molecule has 96 valence electrons. The second kappa shape index (κ2) is 5.96. The fraction of sp³-hybridized carbons (Fsp3) is 0.714. The summed E-state index contributed by atoms with van der Waals surface area (Å²) in [6, 6.07) is 4.20. The topological polar surface area (TPSA) is 20.2 Å². The lowest BCUT2D eigenvalue weighted by molar-refractivity contribution is 0.137. The second-order valence-electron chi connectivity index (χ2n) is 5.19. The van der Waals surface area contributed by atoms with E-state index in [1.807, 2.05) is 0 Å². The highest BCUT2D eigenvalue weighted by molar-refractivity contribution is 7.09. The number of rotatable bonds is 6. The van der Waals surface area contributed by atoms with Gasteiger partial charge in [0, 0.05) is 11.5 Å². The number of thiophene rings is 1. The van der Waals surface area contributed by atoms with Gasteiger partial charge in [-0.2, -0.15) is 0 Å². The molecule has 1 heterocycles. The third-order valence-electron chi connectivity index (χ3n) is 4.08. The Bertz CT molecular complexity index is 344. The third-order valence-corrected chi connectivity index (χ3v) is 5.01. The Morgan fingerprint density at radius 1 is 1.59 bits per heavy atom. The number of aryl methyl sites for hydroxylation is 1. The number of alkyl halides is 1. The molecule has 1 N–H and O–H groups in total. The maximum absolute atomic E-state index is 14.0. The van der Waals surface area contributed by atoms with Crippen molar-refractivity contribution in [3.8, 4) is 0 Å². The van der Waals surface area contributed by atoms with Crippen molar-refractivity contribution < 1.29 is 9.50 Å². The summed E-state index contributed by atoms with van der Waals surface area (Å²) in [5, 5.41) is 6.60. The largest absolute Gasteiger partial charge is 0.396 e. The number of hydrogen-bond acceptors (Lipinski definition) is 2. The van der Waals surface area contributed by atoms with Crippen LogP contribution >= 0.6 is 11.3 Å². The molecule has 17 heavy (non-hydrogen) atoms. The summed E-state index contributed by atoms with van der Waals surface area (Å²) in [5.74, 6) is 0.656. The smallest absolute Gasteiger partial charge is 0.210 e. The summed E-state index contributed by atoms with van der Waals surface area (Å²) in [6.45, 7) is 2.46. The van der Waals surface area contributed by atoms with Crippen molar-refractivity contribution in [2.45, 2.75) is 38.8 Å². The molecule has 0 saturated heterocycles. The Hall–Kier alpha value is -0.410. The van der Waals surface area contributed by atoms with Gasteiger partial charge in [-0.05, 0) is 54.9 Å². The van der Waals surface area contributed by atoms with Crippen LogP contribution in [0.2, 0.25) is 0 Å². The first-order chi connectivity index (χ1) is 8.72. The number of hydrogen-bond donors (Lipinski definition) is 1. The summed E-state index contributed by atoms with van der Waals surface area (Å²) < 4.78 is 20.8. The summed E-state index contributed by atoms with van der Waals surface area (Å²) in [5.41, 5.74) is 0. The van der Waals surface area contributed by atoms with Gasteiger partial charge in [0.05, 0.1) is 0 Å². The molecule has 0 bridgehead atoms. The van der Waals surface area contributed by atoms with Gasteiger partial charge in [-0.3, -0.25) is 0 Å². The van der Waals surface area contributed by atoms with Gasteiger partial charge in [0.1, 0.15) is 6.17 Å². The lowest BCUT2D eigenvalue weighted by Crippen LogP contribution is -2.21. The van der Waals surface area contributed by atoms with Crippen LogP contribution in [-0.4, -0.2) is 19.3 Å². The highest BCUT2D eigenvalue weighted by Gasteiger charge is 2.40. The zero-order valence-electron chi connectivity index (χ0n) is 11.3. The first-order valence-corrected chi connectivity index (χ1v) is 7.35. The van der Waals surface area contributed by atoms with E-state index in [0.717, 1.165) is 19.3 Å². The van der Waals surface area contributed by atoms with E-state index in [1.165, 1.54) is 4.88 Å². The molecule has 1 aromatic rings. The van der Waals surface area contributed by atoms with E-state index < -0.39 is 6.17 Å². The monoisotopic (exact) mass is 257 g/mol. The molecule has 1 aromatic heterocycles. The Labute approximate surface area is 108 Å². The van der Waals surface area contributed by atoms with E-state index in [4.69, 9.17) is 1.43 Å². The molecular weight excluding hydrogens is 235 g/mol. The average molecular weight is 257 g/mol. The van der Waals surface area contributed by atoms with Crippen LogP contribution in [0.1, 0.15) is 31.1 Å². The molecule has 0 aliphatic heterocycles. The van der Waals surface area contributed by atoms with Crippen molar-refractivity contribution in [1.82, 2.24) is 0 Å². The molecule has 4 atom stereocenters. The highest BCUT2D eigenvalue weighted by Crippen LogP contribution is 2.41. The summed E-state index contributed by atoms with van der Waals surface area (Å²) >= 11 is 1.77. The van der Waals surface area contributed by atoms with E-state index in [2.05, 4.69) is 29.5 Å². The Kier molecular flexibility index (Phi) is 4.09. The quantitative estimate of drug-likeness (QED) is 0.824. The van der Waals surface area contributed by atoms with Gasteiger partial charge in [-0.15, -0.1) is 11.3 Å². The lowest BCUT2D eigenvalue weighted by atomic mass is 9.87. The van der Waals surface area contributed by atoms with Crippen molar-refractivity contribution in [2.24, 2.45) is 17.8 Å². The molecule has 1 aliphatic carbocycles. The maximum Gasteiger partial charge on any atom is 0.210 e. The van der Waals surface area contributed by atoms with Crippen molar-refractivity contribution in [1.29, 1.82) is 1.43 Å². The molecular formula is C14H21FOS. The molecule has 1 fully saturated rings. The van der Waals surface area contributed by atoms with Crippen molar-refractivity contribution in [3.05, 3.63) is 22.4 Å². The first kappa shape index (κ1) is 11.7. The zero-order chi connectivity index (χ0) is 13.0. The molecule has 0 aromatic carbocycles. The summed E-state index contributed by atoms with van der Waals surface area (Å²) in [6.07, 6.45) is 2.93. The molecule has 0 spiro atoms.